The van der Waals surface area contributed by atoms with Crippen LogP contribution in [-0.4, -0.2) is 0 Å². The van der Waals surface area contributed by atoms with E-state index in [1.165, 1.54) is 38.9 Å². The predicted molar refractivity (Wildman–Crippen MR) is 326 cm³/mol. The molecule has 0 heterocycles. The Morgan fingerprint density at radius 1 is 0.392 bits per heavy atom. The minimum absolute atomic E-state index is 0.0304. The van der Waals surface area contributed by atoms with E-state index in [1.807, 2.05) is 12.1 Å². The van der Waals surface area contributed by atoms with Crippen LogP contribution in [0.5, 0.6) is 0 Å². The lowest BCUT2D eigenvalue weighted by atomic mass is 9.70. The molecule has 0 radical (unpaired) electrons. The average Bonchev–Trinajstić information content (AvgIpc) is 3.63. The fourth-order valence-electron chi connectivity index (χ4n) is 13.0. The molecule has 0 saturated heterocycles. The second-order valence-corrected chi connectivity index (χ2v) is 23.6. The molecule has 79 heavy (non-hydrogen) atoms. The van der Waals surface area contributed by atoms with Crippen LogP contribution < -0.4 is 9.80 Å². The van der Waals surface area contributed by atoms with E-state index in [0.29, 0.717) is 0 Å². The zero-order valence-electron chi connectivity index (χ0n) is 45.5. The van der Waals surface area contributed by atoms with Crippen molar-refractivity contribution >= 4 is 34.1 Å². The topological polar surface area (TPSA) is 6.48 Å². The normalized spacial score (nSPS) is 14.4. The molecular weight excluding hydrogens is 960 g/mol. The van der Waals surface area contributed by atoms with E-state index in [1.54, 1.807) is 6.07 Å². The van der Waals surface area contributed by atoms with Crippen molar-refractivity contribution in [3.05, 3.63) is 299 Å². The number of anilines is 6. The van der Waals surface area contributed by atoms with Gasteiger partial charge in [0.05, 0.1) is 16.8 Å². The number of hydrogen-bond donors (Lipinski definition) is 0. The Kier molecular flexibility index (Phi) is 11.1. The molecule has 1 spiro atoms. The second kappa shape index (κ2) is 18.2. The van der Waals surface area contributed by atoms with E-state index in [0.717, 1.165) is 102 Å². The molecule has 380 valence electrons. The van der Waals surface area contributed by atoms with Gasteiger partial charge in [0.25, 0.3) is 0 Å². The number of fused-ring (bicyclic) bond motifs is 14. The maximum Gasteiger partial charge on any atom is 0.123 e. The van der Waals surface area contributed by atoms with Gasteiger partial charge in [0.2, 0.25) is 0 Å². The van der Waals surface area contributed by atoms with Crippen LogP contribution in [0.15, 0.2) is 237 Å². The highest BCUT2D eigenvalue weighted by atomic mass is 19.1. The zero-order valence-corrected chi connectivity index (χ0v) is 45.5. The Labute approximate surface area is 464 Å². The number of rotatable bonds is 8. The van der Waals surface area contributed by atoms with Gasteiger partial charge < -0.3 is 9.80 Å². The largest absolute Gasteiger partial charge is 0.310 e. The molecule has 3 aliphatic rings. The summed E-state index contributed by atoms with van der Waals surface area (Å²) in [5.74, 6) is -0.255. The van der Waals surface area contributed by atoms with Gasteiger partial charge in [-0.1, -0.05) is 205 Å². The van der Waals surface area contributed by atoms with Gasteiger partial charge in [0.15, 0.2) is 0 Å². The molecule has 2 nitrogen and oxygen atoms in total. The first-order valence-corrected chi connectivity index (χ1v) is 27.6. The molecule has 0 N–H and O–H groups in total. The molecule has 1 unspecified atom stereocenters. The van der Waals surface area contributed by atoms with Crippen molar-refractivity contribution in [3.8, 4) is 55.6 Å². The number of halogens is 1. The fourth-order valence-corrected chi connectivity index (χ4v) is 13.0. The molecule has 1 atom stereocenters. The first-order chi connectivity index (χ1) is 38.3. The van der Waals surface area contributed by atoms with E-state index in [9.17, 15) is 0 Å². The minimum Gasteiger partial charge on any atom is -0.310 e. The molecule has 0 aliphatic heterocycles. The SMILES string of the molecule is CC(C)(C)c1c#cc(N(c2ccc(-c3ccccc3)cc2)c2ccc3c(c2)C2(c4ccccc4-c4ccc(F)cc42)c2cc(N(c4ccc(-c5ccccc5)cc4)c4ccc(C(C)(C)C)cc4)c4c(c2-3)Cc2ccccc2-4)cc1. The van der Waals surface area contributed by atoms with Crippen LogP contribution in [0, 0.1) is 17.9 Å². The molecule has 11 aromatic carbocycles. The van der Waals surface area contributed by atoms with Gasteiger partial charge in [-0.25, -0.2) is 4.39 Å². The van der Waals surface area contributed by atoms with Gasteiger partial charge in [-0.2, -0.15) is 0 Å². The third-order valence-electron chi connectivity index (χ3n) is 16.9. The predicted octanol–water partition coefficient (Wildman–Crippen LogP) is 20.2. The third-order valence-corrected chi connectivity index (χ3v) is 16.9. The Morgan fingerprint density at radius 2 is 0.924 bits per heavy atom. The van der Waals surface area contributed by atoms with E-state index >= 15 is 4.39 Å². The Hall–Kier alpha value is -9.23. The molecule has 0 saturated carbocycles. The molecule has 0 aromatic heterocycles. The van der Waals surface area contributed by atoms with Gasteiger partial charge in [-0.15, -0.1) is 0 Å². The van der Waals surface area contributed by atoms with Gasteiger partial charge in [0, 0.05) is 33.9 Å². The van der Waals surface area contributed by atoms with E-state index < -0.39 is 5.41 Å². The highest BCUT2D eigenvalue weighted by Crippen LogP contribution is 2.67. The van der Waals surface area contributed by atoms with E-state index in [-0.39, 0.29) is 16.6 Å². The fraction of sp³-hybridized carbons (Fsp3) is 0.132. The number of nitrogens with zero attached hydrogens (tertiary/aromatic N) is 2. The summed E-state index contributed by atoms with van der Waals surface area (Å²) < 4.78 is 16.6. The van der Waals surface area contributed by atoms with E-state index in [4.69, 9.17) is 0 Å². The molecule has 3 aliphatic carbocycles. The lowest BCUT2D eigenvalue weighted by Crippen LogP contribution is -2.27. The molecule has 3 heteroatoms. The smallest absolute Gasteiger partial charge is 0.123 e. The van der Waals surface area contributed by atoms with Crippen molar-refractivity contribution in [1.82, 2.24) is 0 Å². The second-order valence-electron chi connectivity index (χ2n) is 23.6. The quantitative estimate of drug-likeness (QED) is 0.150. The molecule has 0 fully saturated rings. The van der Waals surface area contributed by atoms with Crippen LogP contribution in [0.4, 0.5) is 38.5 Å². The Morgan fingerprint density at radius 3 is 1.54 bits per heavy atom. The Balaban J connectivity index is 1.05. The van der Waals surface area contributed by atoms with Crippen LogP contribution in [-0.2, 0) is 22.7 Å². The van der Waals surface area contributed by atoms with Crippen LogP contribution in [0.1, 0.15) is 86.1 Å². The lowest BCUT2D eigenvalue weighted by Gasteiger charge is -2.34. The average molecular weight is 1020 g/mol. The first-order valence-electron chi connectivity index (χ1n) is 27.6. The Bertz CT molecular complexity index is 4150. The van der Waals surface area contributed by atoms with Crippen molar-refractivity contribution in [3.63, 3.8) is 0 Å². The monoisotopic (exact) mass is 1020 g/mol. The van der Waals surface area contributed by atoms with Crippen molar-refractivity contribution in [2.45, 2.75) is 64.2 Å². The highest BCUT2D eigenvalue weighted by molar-refractivity contribution is 6.05. The van der Waals surface area contributed by atoms with Gasteiger partial charge >= 0.3 is 0 Å². The first kappa shape index (κ1) is 48.2. The van der Waals surface area contributed by atoms with E-state index in [2.05, 4.69) is 282 Å². The number of benzene rings is 10. The van der Waals surface area contributed by atoms with Crippen LogP contribution >= 0.6 is 0 Å². The maximum absolute atomic E-state index is 16.6. The lowest BCUT2D eigenvalue weighted by molar-refractivity contribution is 0.590. The molecular formula is C76H59FN2. The van der Waals surface area contributed by atoms with Crippen molar-refractivity contribution in [2.75, 3.05) is 9.80 Å². The summed E-state index contributed by atoms with van der Waals surface area (Å²) in [7, 11) is 0. The van der Waals surface area contributed by atoms with Crippen molar-refractivity contribution in [2.24, 2.45) is 0 Å². The van der Waals surface area contributed by atoms with Crippen LogP contribution in [0.2, 0.25) is 0 Å². The van der Waals surface area contributed by atoms with Gasteiger partial charge in [0.1, 0.15) is 5.82 Å². The van der Waals surface area contributed by atoms with Gasteiger partial charge in [-0.3, -0.25) is 0 Å². The maximum atomic E-state index is 16.6. The van der Waals surface area contributed by atoms with Crippen molar-refractivity contribution < 1.29 is 4.39 Å². The molecule has 0 amide bonds. The summed E-state index contributed by atoms with van der Waals surface area (Å²) in [4.78, 5) is 4.79. The molecule has 11 aromatic rings. The highest BCUT2D eigenvalue weighted by Gasteiger charge is 2.54. The summed E-state index contributed by atoms with van der Waals surface area (Å²) in [6, 6.07) is 92.5. The molecule has 14 rings (SSSR count). The standard InChI is InChI=1S/C76H59FN2/c1-74(2,3)54-29-38-58(39-30-54)78(57-34-25-51(26-35-57)49-17-9-7-10-18-49)61-42-44-65-69(47-61)76(67-24-16-15-23-63(67)64-43-33-56(77)46-68(64)76)70-48-71(73-62-22-14-13-21-53(62)45-66(73)72(65)70)79(60-40-31-55(32-41-60)75(4,5)6)59-36-27-52(28-37-59)50-19-11-8-12-20-50/h7-29,31-38,40-44,46-48H,45H2,1-6H3. The van der Waals surface area contributed by atoms with Crippen molar-refractivity contribution in [1.29, 1.82) is 0 Å². The summed E-state index contributed by atoms with van der Waals surface area (Å²) in [5, 5.41) is 0. The number of hydrogen-bond acceptors (Lipinski definition) is 2. The summed E-state index contributed by atoms with van der Waals surface area (Å²) in [5.41, 5.74) is 26.0. The molecule has 0 bridgehead atoms. The summed E-state index contributed by atoms with van der Waals surface area (Å²) in [6.07, 6.45) is 0.755. The summed E-state index contributed by atoms with van der Waals surface area (Å²) >= 11 is 0. The minimum atomic E-state index is -0.902. The van der Waals surface area contributed by atoms with Crippen LogP contribution in [0.25, 0.3) is 55.6 Å². The van der Waals surface area contributed by atoms with Gasteiger partial charge in [-0.05, 0) is 191 Å². The summed E-state index contributed by atoms with van der Waals surface area (Å²) in [6.45, 7) is 13.5. The van der Waals surface area contributed by atoms with Crippen LogP contribution in [0.3, 0.4) is 0 Å². The third kappa shape index (κ3) is 7.76. The zero-order chi connectivity index (χ0) is 53.8.